The Morgan fingerprint density at radius 2 is 1.91 bits per heavy atom. The van der Waals surface area contributed by atoms with Crippen molar-refractivity contribution in [2.24, 2.45) is 0 Å². The molecule has 0 unspecified atom stereocenters. The molecule has 0 saturated heterocycles. The summed E-state index contributed by atoms with van der Waals surface area (Å²) >= 11 is 6.10. The topological polar surface area (TPSA) is 94.6 Å². The minimum Gasteiger partial charge on any atom is -0.349 e. The smallest absolute Gasteiger partial charge is 0.349 e. The second-order valence-electron chi connectivity index (χ2n) is 7.21. The predicted molar refractivity (Wildman–Crippen MR) is 115 cm³/mol. The van der Waals surface area contributed by atoms with Gasteiger partial charge in [0.2, 0.25) is 0 Å². The summed E-state index contributed by atoms with van der Waals surface area (Å²) < 4.78 is 42.9. The SMILES string of the molecule is CCn1nc(-n2ncnc2[C@H](C)N(C)c2ncnc3c(Cl)cc(C(F)(F)F)cc23)ccc1=O. The van der Waals surface area contributed by atoms with E-state index in [4.69, 9.17) is 11.6 Å². The van der Waals surface area contributed by atoms with E-state index in [9.17, 15) is 18.0 Å². The highest BCUT2D eigenvalue weighted by atomic mass is 35.5. The lowest BCUT2D eigenvalue weighted by Crippen LogP contribution is -2.27. The molecule has 3 aromatic heterocycles. The summed E-state index contributed by atoms with van der Waals surface area (Å²) in [5.41, 5.74) is -0.948. The summed E-state index contributed by atoms with van der Waals surface area (Å²) in [7, 11) is 1.67. The molecule has 0 amide bonds. The van der Waals surface area contributed by atoms with Crippen molar-refractivity contribution in [3.63, 3.8) is 0 Å². The van der Waals surface area contributed by atoms with Crippen LogP contribution in [0.5, 0.6) is 0 Å². The fourth-order valence-corrected chi connectivity index (χ4v) is 3.67. The average Bonchev–Trinajstić information content (AvgIpc) is 3.27. The molecule has 0 N–H and O–H groups in total. The van der Waals surface area contributed by atoms with E-state index >= 15 is 0 Å². The number of nitrogens with zero attached hydrogens (tertiary/aromatic N) is 8. The highest BCUT2D eigenvalue weighted by Gasteiger charge is 2.32. The Morgan fingerprint density at radius 1 is 1.15 bits per heavy atom. The molecule has 0 aliphatic carbocycles. The van der Waals surface area contributed by atoms with Crippen molar-refractivity contribution in [2.45, 2.75) is 32.6 Å². The summed E-state index contributed by atoms with van der Waals surface area (Å²) in [6.07, 6.45) is -2.01. The minimum absolute atomic E-state index is 0.126. The van der Waals surface area contributed by atoms with Crippen molar-refractivity contribution in [3.8, 4) is 5.82 Å². The van der Waals surface area contributed by atoms with Crippen molar-refractivity contribution in [1.82, 2.24) is 34.5 Å². The standard InChI is InChI=1S/C20H18ClF3N8O/c1-4-31-16(33)6-5-15(29-31)32-18(27-10-28-32)11(2)30(3)19-13-7-12(20(22,23)24)8-14(21)17(13)25-9-26-19/h5-11H,4H2,1-3H3/t11-/m0/s1. The van der Waals surface area contributed by atoms with Crippen molar-refractivity contribution in [1.29, 1.82) is 0 Å². The third kappa shape index (κ3) is 4.13. The van der Waals surface area contributed by atoms with Crippen molar-refractivity contribution in [2.75, 3.05) is 11.9 Å². The van der Waals surface area contributed by atoms with E-state index in [2.05, 4.69) is 25.1 Å². The molecule has 4 aromatic rings. The van der Waals surface area contributed by atoms with Crippen LogP contribution in [-0.2, 0) is 12.7 Å². The highest BCUT2D eigenvalue weighted by Crippen LogP contribution is 2.38. The lowest BCUT2D eigenvalue weighted by atomic mass is 10.1. The van der Waals surface area contributed by atoms with Gasteiger partial charge in [-0.15, -0.1) is 5.10 Å². The molecule has 33 heavy (non-hydrogen) atoms. The number of halogens is 4. The first kappa shape index (κ1) is 22.6. The van der Waals surface area contributed by atoms with Gasteiger partial charge < -0.3 is 4.90 Å². The number of benzene rings is 1. The zero-order chi connectivity index (χ0) is 23.9. The van der Waals surface area contributed by atoms with Gasteiger partial charge in [-0.2, -0.15) is 23.0 Å². The Hall–Kier alpha value is -3.54. The zero-order valence-electron chi connectivity index (χ0n) is 17.7. The molecule has 0 aliphatic rings. The largest absolute Gasteiger partial charge is 0.416 e. The fraction of sp³-hybridized carbons (Fsp3) is 0.300. The van der Waals surface area contributed by atoms with Crippen LogP contribution in [0, 0.1) is 0 Å². The molecule has 0 bridgehead atoms. The monoisotopic (exact) mass is 478 g/mol. The van der Waals surface area contributed by atoms with E-state index in [-0.39, 0.29) is 27.3 Å². The summed E-state index contributed by atoms with van der Waals surface area (Å²) in [6.45, 7) is 3.96. The van der Waals surface area contributed by atoms with E-state index in [1.807, 2.05) is 0 Å². The quantitative estimate of drug-likeness (QED) is 0.432. The van der Waals surface area contributed by atoms with Gasteiger partial charge in [0.05, 0.1) is 22.1 Å². The number of hydrogen-bond donors (Lipinski definition) is 0. The van der Waals surface area contributed by atoms with Gasteiger partial charge in [-0.25, -0.2) is 19.6 Å². The summed E-state index contributed by atoms with van der Waals surface area (Å²) in [5, 5.41) is 8.52. The zero-order valence-corrected chi connectivity index (χ0v) is 18.5. The van der Waals surface area contributed by atoms with Crippen LogP contribution in [0.4, 0.5) is 19.0 Å². The maximum absolute atomic E-state index is 13.4. The number of aryl methyl sites for hydroxylation is 1. The molecule has 3 heterocycles. The number of anilines is 1. The third-order valence-electron chi connectivity index (χ3n) is 5.23. The molecule has 172 valence electrons. The van der Waals surface area contributed by atoms with Crippen LogP contribution in [0.25, 0.3) is 16.7 Å². The van der Waals surface area contributed by atoms with Crippen LogP contribution >= 0.6 is 11.6 Å². The molecular weight excluding hydrogens is 461 g/mol. The first-order valence-electron chi connectivity index (χ1n) is 9.84. The summed E-state index contributed by atoms with van der Waals surface area (Å²) in [6, 6.07) is 4.22. The molecule has 1 aromatic carbocycles. The Labute approximate surface area is 190 Å². The summed E-state index contributed by atoms with van der Waals surface area (Å²) in [5.74, 6) is 1.05. The van der Waals surface area contributed by atoms with Gasteiger partial charge in [-0.3, -0.25) is 4.79 Å². The Balaban J connectivity index is 1.79. The first-order valence-corrected chi connectivity index (χ1v) is 10.2. The van der Waals surface area contributed by atoms with Gasteiger partial charge in [-0.1, -0.05) is 11.6 Å². The molecular formula is C20H18ClF3N8O. The van der Waals surface area contributed by atoms with E-state index in [1.165, 1.54) is 34.2 Å². The third-order valence-corrected chi connectivity index (χ3v) is 5.52. The second kappa shape index (κ2) is 8.43. The van der Waals surface area contributed by atoms with Crippen LogP contribution < -0.4 is 10.5 Å². The van der Waals surface area contributed by atoms with E-state index in [0.29, 0.717) is 18.2 Å². The molecule has 4 rings (SSSR count). The normalized spacial score (nSPS) is 12.8. The van der Waals surface area contributed by atoms with Gasteiger partial charge in [0.1, 0.15) is 18.5 Å². The van der Waals surface area contributed by atoms with Crippen molar-refractivity contribution in [3.05, 3.63) is 63.7 Å². The van der Waals surface area contributed by atoms with E-state index in [0.717, 1.165) is 12.1 Å². The molecule has 1 atom stereocenters. The lowest BCUT2D eigenvalue weighted by Gasteiger charge is -2.26. The van der Waals surface area contributed by atoms with Crippen molar-refractivity contribution >= 4 is 28.3 Å². The molecule has 9 nitrogen and oxygen atoms in total. The average molecular weight is 479 g/mol. The number of hydrogen-bond acceptors (Lipinski definition) is 7. The number of alkyl halides is 3. The lowest BCUT2D eigenvalue weighted by molar-refractivity contribution is -0.137. The summed E-state index contributed by atoms with van der Waals surface area (Å²) in [4.78, 5) is 26.1. The second-order valence-corrected chi connectivity index (χ2v) is 7.62. The highest BCUT2D eigenvalue weighted by molar-refractivity contribution is 6.35. The Kier molecular flexibility index (Phi) is 5.78. The number of rotatable bonds is 5. The molecule has 0 fully saturated rings. The Bertz CT molecular complexity index is 1380. The van der Waals surface area contributed by atoms with Crippen LogP contribution in [0.15, 0.2) is 41.7 Å². The first-order chi connectivity index (χ1) is 15.6. The number of fused-ring (bicyclic) bond motifs is 1. The van der Waals surface area contributed by atoms with Gasteiger partial charge in [0.25, 0.3) is 5.56 Å². The van der Waals surface area contributed by atoms with Gasteiger partial charge in [-0.05, 0) is 32.0 Å². The molecule has 0 radical (unpaired) electrons. The van der Waals surface area contributed by atoms with E-state index in [1.54, 1.807) is 25.8 Å². The fourth-order valence-electron chi connectivity index (χ4n) is 3.40. The van der Waals surface area contributed by atoms with Gasteiger partial charge in [0.15, 0.2) is 11.6 Å². The minimum atomic E-state index is -4.58. The van der Waals surface area contributed by atoms with Crippen LogP contribution in [0.2, 0.25) is 5.02 Å². The maximum Gasteiger partial charge on any atom is 0.416 e. The maximum atomic E-state index is 13.4. The van der Waals surface area contributed by atoms with Crippen LogP contribution in [0.3, 0.4) is 0 Å². The van der Waals surface area contributed by atoms with Gasteiger partial charge >= 0.3 is 6.18 Å². The molecule has 13 heteroatoms. The van der Waals surface area contributed by atoms with E-state index < -0.39 is 17.8 Å². The van der Waals surface area contributed by atoms with Gasteiger partial charge in [0, 0.05) is 25.0 Å². The van der Waals surface area contributed by atoms with Crippen molar-refractivity contribution < 1.29 is 13.2 Å². The predicted octanol–water partition coefficient (Wildman–Crippen LogP) is 3.66. The number of aromatic nitrogens is 7. The molecule has 0 saturated carbocycles. The molecule has 0 spiro atoms. The van der Waals surface area contributed by atoms with Crippen LogP contribution in [0.1, 0.15) is 31.3 Å². The Morgan fingerprint density at radius 3 is 2.61 bits per heavy atom. The molecule has 0 aliphatic heterocycles. The van der Waals surface area contributed by atoms with Crippen LogP contribution in [-0.4, -0.2) is 41.6 Å².